The Morgan fingerprint density at radius 1 is 1.22 bits per heavy atom. The van der Waals surface area contributed by atoms with E-state index in [1.807, 2.05) is 30.3 Å². The molecule has 1 aromatic carbocycles. The molecule has 6 heteroatoms. The summed E-state index contributed by atoms with van der Waals surface area (Å²) >= 11 is 0. The average molecular weight is 325 g/mol. The number of carbonyl (C=O) groups excluding carboxylic acids is 2. The largest absolute Gasteiger partial charge is 0.458 e. The molecule has 0 saturated heterocycles. The summed E-state index contributed by atoms with van der Waals surface area (Å²) in [6, 6.07) is 8.36. The van der Waals surface area contributed by atoms with Crippen molar-refractivity contribution in [3.05, 3.63) is 35.9 Å². The Morgan fingerprint density at radius 3 is 2.35 bits per heavy atom. The van der Waals surface area contributed by atoms with Crippen LogP contribution in [0.25, 0.3) is 0 Å². The molecule has 0 aliphatic rings. The normalized spacial score (nSPS) is 14.0. The number of likely N-dealkylation sites (N-methyl/N-ethyl adjacent to an activating group) is 1. The zero-order chi connectivity index (χ0) is 17.5. The second-order valence-electron chi connectivity index (χ2n) is 5.94. The molecule has 5 nitrogen and oxygen atoms in total. The van der Waals surface area contributed by atoms with Gasteiger partial charge in [-0.15, -0.1) is 0 Å². The van der Waals surface area contributed by atoms with E-state index in [2.05, 4.69) is 5.32 Å². The van der Waals surface area contributed by atoms with E-state index in [1.165, 1.54) is 27.8 Å². The molecule has 0 spiro atoms. The van der Waals surface area contributed by atoms with Gasteiger partial charge in [0, 0.05) is 6.42 Å². The number of hydrogen-bond acceptors (Lipinski definition) is 5. The van der Waals surface area contributed by atoms with E-state index >= 15 is 0 Å². The van der Waals surface area contributed by atoms with E-state index in [4.69, 9.17) is 9.47 Å². The van der Waals surface area contributed by atoms with Gasteiger partial charge in [0.2, 0.25) is 0 Å². The van der Waals surface area contributed by atoms with Crippen molar-refractivity contribution in [1.82, 2.24) is 5.32 Å². The third kappa shape index (κ3) is 7.23. The molecule has 0 heterocycles. The van der Waals surface area contributed by atoms with Crippen molar-refractivity contribution in [1.29, 1.82) is 0 Å². The average Bonchev–Trinajstić information content (AvgIpc) is 2.50. The second-order valence-corrected chi connectivity index (χ2v) is 5.94. The number of hydrogen-bond donors (Lipinski definition) is 1. The quantitative estimate of drug-likeness (QED) is 0.744. The van der Waals surface area contributed by atoms with Crippen LogP contribution in [0.1, 0.15) is 32.8 Å². The Bertz CT molecular complexity index is 513. The van der Waals surface area contributed by atoms with Crippen LogP contribution in [0.2, 0.25) is 0 Å². The molecule has 0 aliphatic carbocycles. The van der Waals surface area contributed by atoms with Gasteiger partial charge in [-0.2, -0.15) is 0 Å². The van der Waals surface area contributed by atoms with Gasteiger partial charge >= 0.3 is 11.9 Å². The minimum absolute atomic E-state index is 0.0475. The van der Waals surface area contributed by atoms with Gasteiger partial charge in [-0.3, -0.25) is 4.79 Å². The fourth-order valence-corrected chi connectivity index (χ4v) is 1.94. The monoisotopic (exact) mass is 325 g/mol. The predicted molar refractivity (Wildman–Crippen MR) is 84.4 cm³/mol. The second kappa shape index (κ2) is 8.62. The predicted octanol–water partition coefficient (Wildman–Crippen LogP) is 2.39. The van der Waals surface area contributed by atoms with Gasteiger partial charge in [0.1, 0.15) is 18.3 Å². The highest BCUT2D eigenvalue weighted by Gasteiger charge is 2.30. The lowest BCUT2D eigenvalue weighted by atomic mass is 10.0. The third-order valence-electron chi connectivity index (χ3n) is 3.17. The number of nitrogens with one attached hydrogen (secondary N) is 1. The van der Waals surface area contributed by atoms with Crippen LogP contribution >= 0.6 is 0 Å². The van der Waals surface area contributed by atoms with Gasteiger partial charge in [-0.05, 0) is 33.4 Å². The van der Waals surface area contributed by atoms with Crippen LogP contribution in [0, 0.1) is 0 Å². The van der Waals surface area contributed by atoms with Gasteiger partial charge in [0.05, 0.1) is 0 Å². The Kier molecular flexibility index (Phi) is 7.16. The van der Waals surface area contributed by atoms with E-state index in [0.717, 1.165) is 5.56 Å². The summed E-state index contributed by atoms with van der Waals surface area (Å²) in [7, 11) is 1.54. The van der Waals surface area contributed by atoms with Gasteiger partial charge in [-0.25, -0.2) is 9.18 Å². The number of ether oxygens (including phenoxy) is 2. The van der Waals surface area contributed by atoms with E-state index in [1.54, 1.807) is 0 Å². The molecule has 0 saturated carbocycles. The maximum Gasteiger partial charge on any atom is 0.347 e. The van der Waals surface area contributed by atoms with Crippen LogP contribution < -0.4 is 5.32 Å². The molecule has 0 unspecified atom stereocenters. The molecule has 0 radical (unpaired) electrons. The van der Waals surface area contributed by atoms with Crippen LogP contribution in [0.5, 0.6) is 0 Å². The molecule has 0 bridgehead atoms. The minimum atomic E-state index is -1.52. The number of benzene rings is 1. The first-order valence-electron chi connectivity index (χ1n) is 7.50. The first-order valence-corrected chi connectivity index (χ1v) is 7.50. The van der Waals surface area contributed by atoms with Gasteiger partial charge in [0.15, 0.2) is 6.10 Å². The molecule has 2 atom stereocenters. The van der Waals surface area contributed by atoms with E-state index in [9.17, 15) is 14.0 Å². The molecule has 1 N–H and O–H groups in total. The number of halogens is 1. The lowest BCUT2D eigenvalue weighted by molar-refractivity contribution is -0.169. The zero-order valence-corrected chi connectivity index (χ0v) is 14.0. The van der Waals surface area contributed by atoms with E-state index < -0.39 is 29.8 Å². The molecule has 0 amide bonds. The summed E-state index contributed by atoms with van der Waals surface area (Å²) < 4.78 is 23.8. The van der Waals surface area contributed by atoms with Crippen LogP contribution in [0.4, 0.5) is 4.39 Å². The minimum Gasteiger partial charge on any atom is -0.458 e. The summed E-state index contributed by atoms with van der Waals surface area (Å²) in [6.45, 7) is 4.29. The number of rotatable bonds is 8. The van der Waals surface area contributed by atoms with Gasteiger partial charge < -0.3 is 14.8 Å². The Balaban J connectivity index is 2.48. The zero-order valence-electron chi connectivity index (χ0n) is 14.0. The van der Waals surface area contributed by atoms with Crippen molar-refractivity contribution in [2.45, 2.75) is 51.6 Å². The van der Waals surface area contributed by atoms with Crippen LogP contribution in [-0.4, -0.2) is 36.8 Å². The summed E-state index contributed by atoms with van der Waals surface area (Å²) in [5.41, 5.74) is -0.685. The van der Waals surface area contributed by atoms with Gasteiger partial charge in [-0.1, -0.05) is 30.3 Å². The molecule has 23 heavy (non-hydrogen) atoms. The topological polar surface area (TPSA) is 64.6 Å². The standard InChI is InChI=1S/C17H24FNO4/c1-12(15(20)22-11-13-8-6-5-7-9-13)23-16(21)14(19-4)10-17(2,3)18/h5-9,12,14,19H,10-11H2,1-4H3/t12-,14+/m1/s1. The first-order chi connectivity index (χ1) is 10.7. The number of carbonyl (C=O) groups is 2. The van der Waals surface area contributed by atoms with Crippen molar-refractivity contribution in [2.75, 3.05) is 7.05 Å². The molecule has 128 valence electrons. The fourth-order valence-electron chi connectivity index (χ4n) is 1.94. The molecule has 0 aromatic heterocycles. The fraction of sp³-hybridized carbons (Fsp3) is 0.529. The summed E-state index contributed by atoms with van der Waals surface area (Å²) in [5.74, 6) is -1.32. The van der Waals surface area contributed by atoms with Crippen molar-refractivity contribution in [3.8, 4) is 0 Å². The highest BCUT2D eigenvalue weighted by molar-refractivity contribution is 5.81. The van der Waals surface area contributed by atoms with Crippen molar-refractivity contribution in [3.63, 3.8) is 0 Å². The molecule has 1 rings (SSSR count). The van der Waals surface area contributed by atoms with E-state index in [0.29, 0.717) is 0 Å². The van der Waals surface area contributed by atoms with Crippen molar-refractivity contribution >= 4 is 11.9 Å². The van der Waals surface area contributed by atoms with Crippen LogP contribution in [0.3, 0.4) is 0 Å². The number of esters is 2. The lowest BCUT2D eigenvalue weighted by Crippen LogP contribution is -2.42. The summed E-state index contributed by atoms with van der Waals surface area (Å²) in [6.07, 6.45) is -1.10. The summed E-state index contributed by atoms with van der Waals surface area (Å²) in [5, 5.41) is 2.69. The lowest BCUT2D eigenvalue weighted by Gasteiger charge is -2.22. The highest BCUT2D eigenvalue weighted by Crippen LogP contribution is 2.17. The Labute approximate surface area is 136 Å². The van der Waals surface area contributed by atoms with Crippen molar-refractivity contribution < 1.29 is 23.5 Å². The Morgan fingerprint density at radius 2 is 1.83 bits per heavy atom. The molecular formula is C17H24FNO4. The number of alkyl halides is 1. The van der Waals surface area contributed by atoms with Gasteiger partial charge in [0.25, 0.3) is 0 Å². The molecule has 0 fully saturated rings. The molecular weight excluding hydrogens is 301 g/mol. The smallest absolute Gasteiger partial charge is 0.347 e. The highest BCUT2D eigenvalue weighted by atomic mass is 19.1. The summed E-state index contributed by atoms with van der Waals surface area (Å²) in [4.78, 5) is 23.8. The maximum absolute atomic E-state index is 13.7. The van der Waals surface area contributed by atoms with Crippen molar-refractivity contribution in [2.24, 2.45) is 0 Å². The Hall–Kier alpha value is -1.95. The van der Waals surface area contributed by atoms with E-state index in [-0.39, 0.29) is 13.0 Å². The van der Waals surface area contributed by atoms with Crippen LogP contribution in [-0.2, 0) is 25.7 Å². The molecule has 1 aromatic rings. The maximum atomic E-state index is 13.7. The third-order valence-corrected chi connectivity index (χ3v) is 3.17. The van der Waals surface area contributed by atoms with Crippen LogP contribution in [0.15, 0.2) is 30.3 Å². The SMILES string of the molecule is CN[C@@H](CC(C)(C)F)C(=O)O[C@H](C)C(=O)OCc1ccccc1. The molecule has 0 aliphatic heterocycles. The first kappa shape index (κ1) is 19.1.